The van der Waals surface area contributed by atoms with E-state index in [1.54, 1.807) is 0 Å². The van der Waals surface area contributed by atoms with Crippen LogP contribution in [0.3, 0.4) is 0 Å². The normalized spacial score (nSPS) is 27.9. The summed E-state index contributed by atoms with van der Waals surface area (Å²) >= 11 is 0. The Morgan fingerprint density at radius 3 is 2.29 bits per heavy atom. The number of ether oxygens (including phenoxy) is 1. The Bertz CT molecular complexity index is 211. The highest BCUT2D eigenvalue weighted by atomic mass is 16.5. The summed E-state index contributed by atoms with van der Waals surface area (Å²) in [6, 6.07) is 0.541. The maximum Gasteiger partial charge on any atom is 0.109 e. The minimum Gasteiger partial charge on any atom is -0.355 e. The molecular weight excluding hydrogens is 210 g/mol. The first-order valence-corrected chi connectivity index (χ1v) is 7.51. The second-order valence-corrected chi connectivity index (χ2v) is 5.87. The van der Waals surface area contributed by atoms with Gasteiger partial charge < -0.3 is 4.74 Å². The van der Waals surface area contributed by atoms with Gasteiger partial charge in [-0.2, -0.15) is 0 Å². The van der Waals surface area contributed by atoms with Gasteiger partial charge in [0.15, 0.2) is 0 Å². The number of hydrogen-bond acceptors (Lipinski definition) is 2. The predicted molar refractivity (Wildman–Crippen MR) is 74.1 cm³/mol. The first-order valence-electron chi connectivity index (χ1n) is 7.51. The van der Waals surface area contributed by atoms with Gasteiger partial charge in [0.05, 0.1) is 5.60 Å². The zero-order valence-electron chi connectivity index (χ0n) is 12.4. The van der Waals surface area contributed by atoms with Crippen LogP contribution in [-0.2, 0) is 4.74 Å². The monoisotopic (exact) mass is 241 g/mol. The topological polar surface area (TPSA) is 21.3 Å². The third-order valence-electron chi connectivity index (χ3n) is 4.12. The lowest BCUT2D eigenvalue weighted by Gasteiger charge is -2.32. The molecule has 17 heavy (non-hydrogen) atoms. The van der Waals surface area contributed by atoms with Crippen molar-refractivity contribution in [3.63, 3.8) is 0 Å². The van der Waals surface area contributed by atoms with Crippen molar-refractivity contribution < 1.29 is 4.74 Å². The molecule has 0 unspecified atom stereocenters. The summed E-state index contributed by atoms with van der Waals surface area (Å²) in [7, 11) is 0. The molecule has 2 heteroatoms. The van der Waals surface area contributed by atoms with Gasteiger partial charge in [0, 0.05) is 6.04 Å². The van der Waals surface area contributed by atoms with Gasteiger partial charge in [-0.25, -0.2) is 0 Å². The molecule has 1 N–H and O–H groups in total. The van der Waals surface area contributed by atoms with E-state index in [4.69, 9.17) is 4.74 Å². The zero-order valence-corrected chi connectivity index (χ0v) is 12.4. The lowest BCUT2D eigenvalue weighted by molar-refractivity contribution is -0.0581. The Morgan fingerprint density at radius 2 is 1.82 bits per heavy atom. The molecule has 2 atom stereocenters. The Morgan fingerprint density at radius 1 is 1.18 bits per heavy atom. The number of nitrogens with one attached hydrogen (secondary N) is 1. The van der Waals surface area contributed by atoms with E-state index >= 15 is 0 Å². The molecule has 0 spiro atoms. The van der Waals surface area contributed by atoms with Crippen LogP contribution in [0.1, 0.15) is 73.1 Å². The van der Waals surface area contributed by atoms with E-state index in [-0.39, 0.29) is 5.60 Å². The molecule has 1 fully saturated rings. The molecule has 0 aromatic heterocycles. The second-order valence-electron chi connectivity index (χ2n) is 5.87. The molecule has 0 radical (unpaired) electrons. The van der Waals surface area contributed by atoms with Gasteiger partial charge in [0.1, 0.15) is 6.23 Å². The Labute approximate surface area is 108 Å². The van der Waals surface area contributed by atoms with Gasteiger partial charge in [-0.1, -0.05) is 41.0 Å². The predicted octanol–water partition coefficient (Wildman–Crippen LogP) is 4.10. The highest BCUT2D eigenvalue weighted by Crippen LogP contribution is 2.35. The molecule has 1 saturated heterocycles. The van der Waals surface area contributed by atoms with Crippen LogP contribution < -0.4 is 5.32 Å². The average molecular weight is 241 g/mol. The van der Waals surface area contributed by atoms with Crippen molar-refractivity contribution in [1.29, 1.82) is 0 Å². The van der Waals surface area contributed by atoms with Gasteiger partial charge in [0.25, 0.3) is 0 Å². The molecule has 0 bridgehead atoms. The summed E-state index contributed by atoms with van der Waals surface area (Å²) in [4.78, 5) is 0. The molecule has 1 heterocycles. The van der Waals surface area contributed by atoms with Gasteiger partial charge >= 0.3 is 0 Å². The maximum atomic E-state index is 6.35. The summed E-state index contributed by atoms with van der Waals surface area (Å²) in [5.41, 5.74) is 0.0860. The van der Waals surface area contributed by atoms with E-state index in [0.717, 1.165) is 25.2 Å². The molecule has 2 nitrogen and oxygen atoms in total. The van der Waals surface area contributed by atoms with E-state index in [1.807, 2.05) is 0 Å². The van der Waals surface area contributed by atoms with Crippen LogP contribution >= 0.6 is 0 Å². The van der Waals surface area contributed by atoms with Crippen LogP contribution in [0.5, 0.6) is 0 Å². The molecule has 102 valence electrons. The first-order chi connectivity index (χ1) is 8.07. The van der Waals surface area contributed by atoms with Crippen molar-refractivity contribution in [2.24, 2.45) is 5.92 Å². The van der Waals surface area contributed by atoms with Crippen molar-refractivity contribution in [2.75, 3.05) is 0 Å². The van der Waals surface area contributed by atoms with E-state index < -0.39 is 0 Å². The fourth-order valence-electron chi connectivity index (χ4n) is 2.97. The van der Waals surface area contributed by atoms with E-state index in [2.05, 4.69) is 39.9 Å². The van der Waals surface area contributed by atoms with Crippen molar-refractivity contribution >= 4 is 0 Å². The molecule has 1 aliphatic rings. The molecule has 0 saturated carbocycles. The third kappa shape index (κ3) is 3.69. The van der Waals surface area contributed by atoms with Gasteiger partial charge in [-0.3, -0.25) is 5.32 Å². The van der Waals surface area contributed by atoms with Crippen LogP contribution in [0.25, 0.3) is 0 Å². The third-order valence-corrected chi connectivity index (χ3v) is 4.12. The Balaban J connectivity index is 2.64. The van der Waals surface area contributed by atoms with E-state index in [0.29, 0.717) is 12.3 Å². The molecule has 0 aliphatic carbocycles. The summed E-state index contributed by atoms with van der Waals surface area (Å²) in [6.07, 6.45) is 7.43. The van der Waals surface area contributed by atoms with Crippen molar-refractivity contribution in [3.8, 4) is 0 Å². The number of rotatable bonds is 7. The van der Waals surface area contributed by atoms with Crippen LogP contribution in [0.15, 0.2) is 0 Å². The van der Waals surface area contributed by atoms with Gasteiger partial charge in [-0.15, -0.1) is 0 Å². The number of unbranched alkanes of at least 4 members (excludes halogenated alkanes) is 1. The lowest BCUT2D eigenvalue weighted by Crippen LogP contribution is -2.43. The first kappa shape index (κ1) is 15.0. The standard InChI is InChI=1S/C15H31NO/c1-6-9-10-14-16-13(11-12(4)5)15(7-2,8-3)17-14/h12-14,16H,6-11H2,1-5H3/t13-,14-/m0/s1. The second kappa shape index (κ2) is 6.75. The van der Waals surface area contributed by atoms with Crippen LogP contribution in [-0.4, -0.2) is 17.9 Å². The minimum absolute atomic E-state index is 0.0860. The summed E-state index contributed by atoms with van der Waals surface area (Å²) < 4.78 is 6.35. The fourth-order valence-corrected chi connectivity index (χ4v) is 2.97. The summed E-state index contributed by atoms with van der Waals surface area (Å²) in [6.45, 7) is 11.4. The van der Waals surface area contributed by atoms with Crippen LogP contribution in [0.2, 0.25) is 0 Å². The SMILES string of the molecule is CCCC[C@H]1N[C@@H](CC(C)C)C(CC)(CC)O1. The minimum atomic E-state index is 0.0860. The van der Waals surface area contributed by atoms with Crippen molar-refractivity contribution in [3.05, 3.63) is 0 Å². The van der Waals surface area contributed by atoms with Crippen LogP contribution in [0.4, 0.5) is 0 Å². The zero-order chi connectivity index (χ0) is 12.9. The molecular formula is C15H31NO. The highest BCUT2D eigenvalue weighted by molar-refractivity contribution is 4.98. The molecule has 1 aliphatic heterocycles. The summed E-state index contributed by atoms with van der Waals surface area (Å²) in [5, 5.41) is 3.73. The quantitative estimate of drug-likeness (QED) is 0.724. The molecule has 0 aromatic rings. The van der Waals surface area contributed by atoms with E-state index in [9.17, 15) is 0 Å². The largest absolute Gasteiger partial charge is 0.355 e. The lowest BCUT2D eigenvalue weighted by atomic mass is 9.84. The van der Waals surface area contributed by atoms with Crippen molar-refractivity contribution in [1.82, 2.24) is 5.32 Å². The smallest absolute Gasteiger partial charge is 0.109 e. The van der Waals surface area contributed by atoms with Crippen molar-refractivity contribution in [2.45, 2.75) is 91.0 Å². The van der Waals surface area contributed by atoms with Gasteiger partial charge in [0.2, 0.25) is 0 Å². The highest BCUT2D eigenvalue weighted by Gasteiger charge is 2.45. The Kier molecular flexibility index (Phi) is 5.94. The average Bonchev–Trinajstić information content (AvgIpc) is 2.64. The van der Waals surface area contributed by atoms with Crippen LogP contribution in [0, 0.1) is 5.92 Å². The number of hydrogen-bond donors (Lipinski definition) is 1. The molecule has 0 aromatic carbocycles. The van der Waals surface area contributed by atoms with E-state index in [1.165, 1.54) is 19.3 Å². The molecule has 0 amide bonds. The summed E-state index contributed by atoms with van der Waals surface area (Å²) in [5.74, 6) is 0.735. The van der Waals surface area contributed by atoms with Gasteiger partial charge in [-0.05, 0) is 38.0 Å². The fraction of sp³-hybridized carbons (Fsp3) is 1.00. The maximum absolute atomic E-state index is 6.35. The Hall–Kier alpha value is -0.0800. The molecule has 1 rings (SSSR count).